The molecule has 0 bridgehead atoms. The van der Waals surface area contributed by atoms with Gasteiger partial charge in [-0.3, -0.25) is 4.99 Å². The molecule has 1 aromatic rings. The lowest BCUT2D eigenvalue weighted by Gasteiger charge is -2.39. The second-order valence-electron chi connectivity index (χ2n) is 4.94. The number of rotatable bonds is 3. The van der Waals surface area contributed by atoms with Crippen molar-refractivity contribution in [2.45, 2.75) is 51.5 Å². The van der Waals surface area contributed by atoms with Crippen molar-refractivity contribution in [3.63, 3.8) is 0 Å². The average molecular weight is 247 g/mol. The van der Waals surface area contributed by atoms with E-state index < -0.39 is 5.79 Å². The third kappa shape index (κ3) is 2.47. The van der Waals surface area contributed by atoms with Gasteiger partial charge in [0.1, 0.15) is 6.10 Å². The summed E-state index contributed by atoms with van der Waals surface area (Å²) in [6.07, 6.45) is 1.27. The van der Waals surface area contributed by atoms with Gasteiger partial charge in [-0.2, -0.15) is 0 Å². The topological polar surface area (TPSA) is 41.8 Å². The van der Waals surface area contributed by atoms with E-state index in [1.54, 1.807) is 0 Å². The van der Waals surface area contributed by atoms with Crippen LogP contribution in [-0.2, 0) is 4.74 Å². The van der Waals surface area contributed by atoms with Crippen LogP contribution in [-0.4, -0.2) is 22.6 Å². The number of aliphatic hydroxyl groups is 1. The van der Waals surface area contributed by atoms with E-state index in [-0.39, 0.29) is 12.1 Å². The number of benzene rings is 1. The lowest BCUT2D eigenvalue weighted by Crippen LogP contribution is -2.46. The Kier molecular flexibility index (Phi) is 3.83. The molecule has 1 aliphatic rings. The Morgan fingerprint density at radius 3 is 2.61 bits per heavy atom. The van der Waals surface area contributed by atoms with Gasteiger partial charge in [0.15, 0.2) is 0 Å². The molecule has 2 rings (SSSR count). The second kappa shape index (κ2) is 5.21. The van der Waals surface area contributed by atoms with Crippen LogP contribution in [0.25, 0.3) is 0 Å². The summed E-state index contributed by atoms with van der Waals surface area (Å²) in [4.78, 5) is 4.55. The Morgan fingerprint density at radius 1 is 1.33 bits per heavy atom. The van der Waals surface area contributed by atoms with Crippen molar-refractivity contribution >= 4 is 5.71 Å². The Balaban J connectivity index is 2.30. The molecular formula is C15H21NO2. The molecule has 1 heterocycles. The van der Waals surface area contributed by atoms with E-state index in [1.807, 2.05) is 51.1 Å². The first-order valence-corrected chi connectivity index (χ1v) is 6.57. The van der Waals surface area contributed by atoms with Gasteiger partial charge in [-0.25, -0.2) is 0 Å². The summed E-state index contributed by atoms with van der Waals surface area (Å²) >= 11 is 0. The third-order valence-corrected chi connectivity index (χ3v) is 3.44. The SMILES string of the molecule is CCC[C@]1(O)O[C@H](c2ccccc2)[C@@H](C)N=C1C. The summed E-state index contributed by atoms with van der Waals surface area (Å²) in [5.74, 6) is -1.21. The van der Waals surface area contributed by atoms with Crippen LogP contribution in [0.2, 0.25) is 0 Å². The van der Waals surface area contributed by atoms with Crippen LogP contribution in [0.4, 0.5) is 0 Å². The van der Waals surface area contributed by atoms with Crippen molar-refractivity contribution in [3.05, 3.63) is 35.9 Å². The first-order chi connectivity index (χ1) is 8.57. The smallest absolute Gasteiger partial charge is 0.205 e. The molecule has 1 aromatic carbocycles. The summed E-state index contributed by atoms with van der Waals surface area (Å²) in [6, 6.07) is 10.0. The van der Waals surface area contributed by atoms with E-state index in [0.29, 0.717) is 12.1 Å². The van der Waals surface area contributed by atoms with Crippen LogP contribution in [0.3, 0.4) is 0 Å². The highest BCUT2D eigenvalue weighted by Gasteiger charge is 2.40. The van der Waals surface area contributed by atoms with Crippen molar-refractivity contribution in [2.75, 3.05) is 0 Å². The van der Waals surface area contributed by atoms with Crippen LogP contribution in [0.5, 0.6) is 0 Å². The maximum absolute atomic E-state index is 10.5. The largest absolute Gasteiger partial charge is 0.361 e. The monoisotopic (exact) mass is 247 g/mol. The number of hydrogen-bond acceptors (Lipinski definition) is 3. The minimum atomic E-state index is -1.21. The lowest BCUT2D eigenvalue weighted by atomic mass is 9.97. The van der Waals surface area contributed by atoms with Gasteiger partial charge in [0.05, 0.1) is 11.8 Å². The van der Waals surface area contributed by atoms with E-state index in [1.165, 1.54) is 0 Å². The molecule has 1 aliphatic heterocycles. The van der Waals surface area contributed by atoms with Crippen LogP contribution < -0.4 is 0 Å². The average Bonchev–Trinajstić information content (AvgIpc) is 2.36. The zero-order valence-electron chi connectivity index (χ0n) is 11.3. The molecule has 0 amide bonds. The highest BCUT2D eigenvalue weighted by molar-refractivity contribution is 5.89. The first-order valence-electron chi connectivity index (χ1n) is 6.57. The van der Waals surface area contributed by atoms with Crippen molar-refractivity contribution in [2.24, 2.45) is 4.99 Å². The molecule has 3 nitrogen and oxygen atoms in total. The van der Waals surface area contributed by atoms with Gasteiger partial charge in [0.2, 0.25) is 5.79 Å². The van der Waals surface area contributed by atoms with E-state index in [0.717, 1.165) is 12.0 Å². The predicted molar refractivity (Wildman–Crippen MR) is 72.7 cm³/mol. The molecule has 0 fully saturated rings. The predicted octanol–water partition coefficient (Wildman–Crippen LogP) is 3.10. The minimum absolute atomic E-state index is 0.0320. The fraction of sp³-hybridized carbons (Fsp3) is 0.533. The van der Waals surface area contributed by atoms with Gasteiger partial charge < -0.3 is 9.84 Å². The molecular weight excluding hydrogens is 226 g/mol. The van der Waals surface area contributed by atoms with Gasteiger partial charge in [-0.1, -0.05) is 43.7 Å². The van der Waals surface area contributed by atoms with E-state index in [4.69, 9.17) is 4.74 Å². The molecule has 0 aromatic heterocycles. The molecule has 0 radical (unpaired) electrons. The molecule has 98 valence electrons. The Hall–Kier alpha value is -1.19. The quantitative estimate of drug-likeness (QED) is 0.891. The summed E-state index contributed by atoms with van der Waals surface area (Å²) in [7, 11) is 0. The number of nitrogens with zero attached hydrogens (tertiary/aromatic N) is 1. The fourth-order valence-electron chi connectivity index (χ4n) is 2.44. The van der Waals surface area contributed by atoms with Crippen LogP contribution in [0.1, 0.15) is 45.3 Å². The van der Waals surface area contributed by atoms with Gasteiger partial charge >= 0.3 is 0 Å². The first kappa shape index (κ1) is 13.2. The standard InChI is InChI=1S/C15H21NO2/c1-4-10-15(17)12(3)16-11(2)14(18-15)13-8-6-5-7-9-13/h5-9,11,14,17H,4,10H2,1-3H3/t11-,14+,15+/m1/s1. The number of ether oxygens (including phenoxy) is 1. The van der Waals surface area contributed by atoms with Crippen LogP contribution in [0.15, 0.2) is 35.3 Å². The normalized spacial score (nSPS) is 32.1. The van der Waals surface area contributed by atoms with Crippen LogP contribution in [0, 0.1) is 0 Å². The van der Waals surface area contributed by atoms with E-state index >= 15 is 0 Å². The third-order valence-electron chi connectivity index (χ3n) is 3.44. The Morgan fingerprint density at radius 2 is 2.00 bits per heavy atom. The lowest BCUT2D eigenvalue weighted by molar-refractivity contribution is -0.199. The molecule has 3 heteroatoms. The number of aliphatic imine (C=N–C) groups is 1. The zero-order chi connectivity index (χ0) is 13.2. The second-order valence-corrected chi connectivity index (χ2v) is 4.94. The highest BCUT2D eigenvalue weighted by atomic mass is 16.6. The van der Waals surface area contributed by atoms with Gasteiger partial charge in [0.25, 0.3) is 0 Å². The molecule has 0 aliphatic carbocycles. The van der Waals surface area contributed by atoms with Gasteiger partial charge in [-0.05, 0) is 19.4 Å². The summed E-state index contributed by atoms with van der Waals surface area (Å²) in [5, 5.41) is 10.5. The summed E-state index contributed by atoms with van der Waals surface area (Å²) in [5.41, 5.74) is 1.75. The van der Waals surface area contributed by atoms with Gasteiger partial charge in [0, 0.05) is 6.42 Å². The molecule has 0 spiro atoms. The molecule has 0 unspecified atom stereocenters. The van der Waals surface area contributed by atoms with Crippen molar-refractivity contribution in [3.8, 4) is 0 Å². The maximum Gasteiger partial charge on any atom is 0.205 e. The van der Waals surface area contributed by atoms with Crippen LogP contribution >= 0.6 is 0 Å². The molecule has 18 heavy (non-hydrogen) atoms. The summed E-state index contributed by atoms with van der Waals surface area (Å²) < 4.78 is 5.95. The van der Waals surface area contributed by atoms with E-state index in [9.17, 15) is 5.11 Å². The number of hydrogen-bond donors (Lipinski definition) is 1. The molecule has 3 atom stereocenters. The highest BCUT2D eigenvalue weighted by Crippen LogP contribution is 2.35. The minimum Gasteiger partial charge on any atom is -0.361 e. The molecule has 1 N–H and O–H groups in total. The Bertz CT molecular complexity index is 429. The van der Waals surface area contributed by atoms with Crippen molar-refractivity contribution in [1.29, 1.82) is 0 Å². The molecule has 0 saturated heterocycles. The van der Waals surface area contributed by atoms with Crippen molar-refractivity contribution in [1.82, 2.24) is 0 Å². The van der Waals surface area contributed by atoms with Crippen molar-refractivity contribution < 1.29 is 9.84 Å². The molecule has 0 saturated carbocycles. The van der Waals surface area contributed by atoms with Gasteiger partial charge in [-0.15, -0.1) is 0 Å². The Labute approximate surface area is 109 Å². The zero-order valence-corrected chi connectivity index (χ0v) is 11.3. The maximum atomic E-state index is 10.5. The van der Waals surface area contributed by atoms with E-state index in [2.05, 4.69) is 4.99 Å². The summed E-state index contributed by atoms with van der Waals surface area (Å²) in [6.45, 7) is 5.89. The fourth-order valence-corrected chi connectivity index (χ4v) is 2.44.